The molecule has 0 unspecified atom stereocenters. The third kappa shape index (κ3) is 4.14. The second kappa shape index (κ2) is 8.46. The van der Waals surface area contributed by atoms with Crippen LogP contribution in [-0.4, -0.2) is 42.5 Å². The molecule has 2 rings (SSSR count). The van der Waals surface area contributed by atoms with Crippen molar-refractivity contribution in [1.29, 1.82) is 0 Å². The lowest BCUT2D eigenvalue weighted by atomic mass is 10.1. The first-order valence-electron chi connectivity index (χ1n) is 8.85. The summed E-state index contributed by atoms with van der Waals surface area (Å²) in [7, 11) is -3.78. The number of amides is 1. The molecule has 0 bridgehead atoms. The number of benzene rings is 1. The molecule has 0 radical (unpaired) electrons. The zero-order valence-electron chi connectivity index (χ0n) is 16.5. The number of anilines is 1. The van der Waals surface area contributed by atoms with Crippen molar-refractivity contribution >= 4 is 39.0 Å². The molecule has 28 heavy (non-hydrogen) atoms. The van der Waals surface area contributed by atoms with Crippen LogP contribution in [0.25, 0.3) is 0 Å². The molecule has 0 fully saturated rings. The molecule has 0 atom stereocenters. The maximum Gasteiger partial charge on any atom is 0.272 e. The number of hydrogen-bond donors (Lipinski definition) is 2. The van der Waals surface area contributed by atoms with E-state index in [-0.39, 0.29) is 27.1 Å². The Balaban J connectivity index is 2.40. The van der Waals surface area contributed by atoms with Gasteiger partial charge < -0.3 is 10.3 Å². The topological polar surface area (TPSA) is 99.3 Å². The van der Waals surface area contributed by atoms with E-state index >= 15 is 0 Å². The van der Waals surface area contributed by atoms with Crippen LogP contribution in [-0.2, 0) is 10.0 Å². The molecule has 0 saturated heterocycles. The Morgan fingerprint density at radius 1 is 1.18 bits per heavy atom. The van der Waals surface area contributed by atoms with Crippen LogP contribution in [0, 0.1) is 13.8 Å². The lowest BCUT2D eigenvalue weighted by Crippen LogP contribution is -2.30. The van der Waals surface area contributed by atoms with Gasteiger partial charge in [0.25, 0.3) is 5.91 Å². The monoisotopic (exact) mass is 425 g/mol. The number of aryl methyl sites for hydroxylation is 1. The van der Waals surface area contributed by atoms with Crippen molar-refractivity contribution in [1.82, 2.24) is 9.29 Å². The third-order valence-electron chi connectivity index (χ3n) is 4.53. The van der Waals surface area contributed by atoms with E-state index in [1.54, 1.807) is 27.7 Å². The van der Waals surface area contributed by atoms with Gasteiger partial charge in [-0.2, -0.15) is 4.31 Å². The fourth-order valence-electron chi connectivity index (χ4n) is 3.18. The van der Waals surface area contributed by atoms with Gasteiger partial charge in [-0.15, -0.1) is 0 Å². The van der Waals surface area contributed by atoms with Gasteiger partial charge in [-0.3, -0.25) is 9.59 Å². The second-order valence-corrected chi connectivity index (χ2v) is 8.68. The van der Waals surface area contributed by atoms with Crippen LogP contribution in [0.5, 0.6) is 0 Å². The highest BCUT2D eigenvalue weighted by atomic mass is 35.5. The fourth-order valence-corrected chi connectivity index (χ4v) is 5.14. The Kier molecular flexibility index (Phi) is 6.69. The number of halogens is 1. The van der Waals surface area contributed by atoms with Gasteiger partial charge in [-0.25, -0.2) is 8.42 Å². The smallest absolute Gasteiger partial charge is 0.272 e. The van der Waals surface area contributed by atoms with E-state index in [0.717, 1.165) is 0 Å². The molecule has 0 saturated carbocycles. The predicted molar refractivity (Wildman–Crippen MR) is 110 cm³/mol. The molecule has 1 heterocycles. The molecule has 1 amide bonds. The average molecular weight is 426 g/mol. The van der Waals surface area contributed by atoms with Crippen molar-refractivity contribution in [3.8, 4) is 0 Å². The Bertz CT molecular complexity index is 1020. The molecule has 2 N–H and O–H groups in total. The van der Waals surface area contributed by atoms with Crippen molar-refractivity contribution in [3.63, 3.8) is 0 Å². The summed E-state index contributed by atoms with van der Waals surface area (Å²) in [6.07, 6.45) is 0. The number of carbonyl (C=O) groups excluding carboxylic acids is 2. The van der Waals surface area contributed by atoms with E-state index < -0.39 is 15.9 Å². The molecule has 0 aliphatic carbocycles. The average Bonchev–Trinajstić information content (AvgIpc) is 2.91. The van der Waals surface area contributed by atoms with Crippen LogP contribution >= 0.6 is 11.6 Å². The Morgan fingerprint density at radius 2 is 1.79 bits per heavy atom. The SMILES string of the molecule is CCN(CC)S(=O)(=O)c1cc(NC(=O)c2[nH]c(C)c(C(C)=O)c2C)ccc1Cl. The first-order chi connectivity index (χ1) is 13.0. The molecule has 0 aliphatic rings. The van der Waals surface area contributed by atoms with Crippen LogP contribution in [0.1, 0.15) is 52.9 Å². The van der Waals surface area contributed by atoms with Crippen LogP contribution in [0.4, 0.5) is 5.69 Å². The number of hydrogen-bond acceptors (Lipinski definition) is 4. The number of aromatic amines is 1. The summed E-state index contributed by atoms with van der Waals surface area (Å²) < 4.78 is 26.9. The van der Waals surface area contributed by atoms with Gasteiger partial charge in [0.2, 0.25) is 10.0 Å². The van der Waals surface area contributed by atoms with Crippen LogP contribution in [0.15, 0.2) is 23.1 Å². The lowest BCUT2D eigenvalue weighted by molar-refractivity contribution is 0.101. The number of nitrogens with zero attached hydrogens (tertiary/aromatic N) is 1. The summed E-state index contributed by atoms with van der Waals surface area (Å²) in [6.45, 7) is 8.94. The summed E-state index contributed by atoms with van der Waals surface area (Å²) in [5, 5.41) is 2.75. The Morgan fingerprint density at radius 3 is 2.29 bits per heavy atom. The second-order valence-electron chi connectivity index (χ2n) is 6.37. The van der Waals surface area contributed by atoms with Gasteiger partial charge in [0.1, 0.15) is 10.6 Å². The Labute approximate surface area is 170 Å². The largest absolute Gasteiger partial charge is 0.354 e. The van der Waals surface area contributed by atoms with Crippen molar-refractivity contribution in [2.45, 2.75) is 39.5 Å². The molecule has 2 aromatic rings. The van der Waals surface area contributed by atoms with Crippen LogP contribution in [0.2, 0.25) is 5.02 Å². The summed E-state index contributed by atoms with van der Waals surface area (Å²) >= 11 is 6.11. The van der Waals surface area contributed by atoms with Crippen molar-refractivity contribution in [2.24, 2.45) is 0 Å². The molecule has 152 valence electrons. The van der Waals surface area contributed by atoms with Crippen LogP contribution in [0.3, 0.4) is 0 Å². The van der Waals surface area contributed by atoms with Crippen LogP contribution < -0.4 is 5.32 Å². The van der Waals surface area contributed by atoms with Gasteiger partial charge in [0.15, 0.2) is 5.78 Å². The van der Waals surface area contributed by atoms with Gasteiger partial charge in [-0.1, -0.05) is 25.4 Å². The zero-order valence-corrected chi connectivity index (χ0v) is 18.1. The number of aromatic nitrogens is 1. The molecule has 7 nitrogen and oxygen atoms in total. The van der Waals surface area contributed by atoms with Gasteiger partial charge >= 0.3 is 0 Å². The quantitative estimate of drug-likeness (QED) is 0.659. The highest BCUT2D eigenvalue weighted by Gasteiger charge is 2.25. The number of ketones is 1. The van der Waals surface area contributed by atoms with Gasteiger partial charge in [-0.05, 0) is 44.5 Å². The van der Waals surface area contributed by atoms with Crippen molar-refractivity contribution in [2.75, 3.05) is 18.4 Å². The number of sulfonamides is 1. The molecule has 9 heteroatoms. The summed E-state index contributed by atoms with van der Waals surface area (Å²) in [6, 6.07) is 4.30. The first-order valence-corrected chi connectivity index (χ1v) is 10.7. The molecular formula is C19H24ClN3O4S. The molecular weight excluding hydrogens is 402 g/mol. The summed E-state index contributed by atoms with van der Waals surface area (Å²) in [5.74, 6) is -0.606. The minimum absolute atomic E-state index is 0.0699. The van der Waals surface area contributed by atoms with Crippen molar-refractivity contribution < 1.29 is 18.0 Å². The number of rotatable bonds is 7. The summed E-state index contributed by atoms with van der Waals surface area (Å²) in [5.41, 5.74) is 2.18. The van der Waals surface area contributed by atoms with Crippen molar-refractivity contribution in [3.05, 3.63) is 45.7 Å². The lowest BCUT2D eigenvalue weighted by Gasteiger charge is -2.19. The number of H-pyrrole nitrogens is 1. The number of carbonyl (C=O) groups is 2. The number of Topliss-reactive ketones (excluding diaryl/α,β-unsaturated/α-hetero) is 1. The van der Waals surface area contributed by atoms with E-state index in [1.165, 1.54) is 29.4 Å². The van der Waals surface area contributed by atoms with E-state index in [1.807, 2.05) is 0 Å². The van der Waals surface area contributed by atoms with Gasteiger partial charge in [0, 0.05) is 30.0 Å². The molecule has 1 aromatic heterocycles. The normalized spacial score (nSPS) is 11.7. The van der Waals surface area contributed by atoms with Gasteiger partial charge in [0.05, 0.1) is 5.02 Å². The first kappa shape index (κ1) is 22.1. The maximum absolute atomic E-state index is 12.8. The fraction of sp³-hybridized carbons (Fsp3) is 0.368. The highest BCUT2D eigenvalue weighted by Crippen LogP contribution is 2.28. The molecule has 0 spiro atoms. The van der Waals surface area contributed by atoms with E-state index in [0.29, 0.717) is 29.9 Å². The summed E-state index contributed by atoms with van der Waals surface area (Å²) in [4.78, 5) is 27.3. The number of nitrogens with one attached hydrogen (secondary N) is 2. The predicted octanol–water partition coefficient (Wildman–Crippen LogP) is 3.77. The Hall–Kier alpha value is -2.16. The highest BCUT2D eigenvalue weighted by molar-refractivity contribution is 7.89. The zero-order chi connectivity index (χ0) is 21.2. The van der Waals surface area contributed by atoms with E-state index in [2.05, 4.69) is 10.3 Å². The molecule has 0 aliphatic heterocycles. The molecule has 1 aromatic carbocycles. The minimum atomic E-state index is -3.78. The van der Waals surface area contributed by atoms with E-state index in [4.69, 9.17) is 11.6 Å². The maximum atomic E-state index is 12.8. The minimum Gasteiger partial charge on any atom is -0.354 e. The van der Waals surface area contributed by atoms with E-state index in [9.17, 15) is 18.0 Å². The third-order valence-corrected chi connectivity index (χ3v) is 7.06. The standard InChI is InChI=1S/C19H24ClN3O4S/c1-6-23(7-2)28(26,27)16-10-14(8-9-15(16)20)22-19(25)18-11(3)17(13(5)24)12(4)21-18/h8-10,21H,6-7H2,1-5H3,(H,22,25).